The molecule has 0 aliphatic rings. The van der Waals surface area contributed by atoms with Crippen molar-refractivity contribution in [2.75, 3.05) is 18.1 Å². The molecule has 0 radical (unpaired) electrons. The van der Waals surface area contributed by atoms with Gasteiger partial charge in [0.1, 0.15) is 6.04 Å². The fourth-order valence-electron chi connectivity index (χ4n) is 2.14. The van der Waals surface area contributed by atoms with E-state index in [4.69, 9.17) is 11.6 Å². The van der Waals surface area contributed by atoms with Gasteiger partial charge in [-0.25, -0.2) is 0 Å². The first-order valence-corrected chi connectivity index (χ1v) is 8.72. The number of nitrogens with one attached hydrogen (secondary N) is 1. The highest BCUT2D eigenvalue weighted by molar-refractivity contribution is 7.98. The summed E-state index contributed by atoms with van der Waals surface area (Å²) in [6, 6.07) is 15.7. The van der Waals surface area contributed by atoms with Crippen LogP contribution in [0, 0.1) is 0 Å². The standard InChI is InChI=1S/C17H19ClN2OS/c1-12(13-7-9-14(18)10-8-13)19-11-17(21)20-15-5-3-4-6-16(15)22-2/h3-10,12,19H,11H2,1-2H3,(H,20,21)/p+1/t12-/m1/s1. The van der Waals surface area contributed by atoms with Crippen molar-refractivity contribution in [3.05, 3.63) is 59.1 Å². The number of thioether (sulfide) groups is 1. The molecule has 2 aromatic rings. The Labute approximate surface area is 140 Å². The third-order valence-corrected chi connectivity index (χ3v) is 4.48. The molecule has 0 heterocycles. The van der Waals surface area contributed by atoms with Gasteiger partial charge in [-0.2, -0.15) is 0 Å². The van der Waals surface area contributed by atoms with Gasteiger partial charge in [-0.1, -0.05) is 35.9 Å². The highest BCUT2D eigenvalue weighted by atomic mass is 35.5. The molecule has 2 rings (SSSR count). The van der Waals surface area contributed by atoms with Gasteiger partial charge in [0, 0.05) is 15.5 Å². The van der Waals surface area contributed by atoms with Crippen molar-refractivity contribution in [2.24, 2.45) is 0 Å². The van der Waals surface area contributed by atoms with Gasteiger partial charge in [0.2, 0.25) is 0 Å². The number of rotatable bonds is 6. The molecule has 5 heteroatoms. The molecule has 0 aliphatic carbocycles. The summed E-state index contributed by atoms with van der Waals surface area (Å²) in [6.45, 7) is 2.46. The molecule has 116 valence electrons. The molecule has 1 atom stereocenters. The molecule has 0 spiro atoms. The number of halogens is 1. The molecule has 0 unspecified atom stereocenters. The Hall–Kier alpha value is -1.49. The van der Waals surface area contributed by atoms with Crippen molar-refractivity contribution in [1.29, 1.82) is 0 Å². The largest absolute Gasteiger partial charge is 0.333 e. The molecule has 0 saturated heterocycles. The summed E-state index contributed by atoms with van der Waals surface area (Å²) in [6.07, 6.45) is 2.00. The Morgan fingerprint density at radius 2 is 1.91 bits per heavy atom. The monoisotopic (exact) mass is 335 g/mol. The van der Waals surface area contributed by atoms with Crippen LogP contribution in [0.3, 0.4) is 0 Å². The molecular weight excluding hydrogens is 316 g/mol. The van der Waals surface area contributed by atoms with Gasteiger partial charge in [0.25, 0.3) is 5.91 Å². The Morgan fingerprint density at radius 1 is 1.23 bits per heavy atom. The first-order chi connectivity index (χ1) is 10.6. The molecular formula is C17H20ClN2OS+. The second kappa shape index (κ2) is 8.22. The summed E-state index contributed by atoms with van der Waals surface area (Å²) in [7, 11) is 0. The van der Waals surface area contributed by atoms with Crippen LogP contribution in [0.15, 0.2) is 53.4 Å². The lowest BCUT2D eigenvalue weighted by Gasteiger charge is -2.12. The summed E-state index contributed by atoms with van der Waals surface area (Å²) in [5, 5.41) is 5.70. The van der Waals surface area contributed by atoms with E-state index in [1.54, 1.807) is 11.8 Å². The first kappa shape index (κ1) is 16.9. The zero-order valence-electron chi connectivity index (χ0n) is 12.7. The molecule has 2 aromatic carbocycles. The van der Waals surface area contributed by atoms with Crippen LogP contribution in [-0.2, 0) is 4.79 Å². The fourth-order valence-corrected chi connectivity index (χ4v) is 2.82. The molecule has 3 N–H and O–H groups in total. The normalized spacial score (nSPS) is 12.0. The maximum atomic E-state index is 12.1. The number of nitrogens with two attached hydrogens (primary N) is 1. The number of quaternary nitrogens is 1. The number of hydrogen-bond acceptors (Lipinski definition) is 2. The van der Waals surface area contributed by atoms with E-state index in [1.165, 1.54) is 0 Å². The van der Waals surface area contributed by atoms with Gasteiger partial charge in [-0.3, -0.25) is 4.79 Å². The zero-order valence-corrected chi connectivity index (χ0v) is 14.2. The van der Waals surface area contributed by atoms with Crippen LogP contribution in [0.2, 0.25) is 5.02 Å². The average Bonchev–Trinajstić information content (AvgIpc) is 2.54. The maximum absolute atomic E-state index is 12.1. The van der Waals surface area contributed by atoms with Crippen molar-refractivity contribution in [3.8, 4) is 0 Å². The Balaban J connectivity index is 1.88. The van der Waals surface area contributed by atoms with Gasteiger partial charge in [-0.05, 0) is 37.4 Å². The summed E-state index contributed by atoms with van der Waals surface area (Å²) in [5.41, 5.74) is 2.02. The van der Waals surface area contributed by atoms with E-state index >= 15 is 0 Å². The van der Waals surface area contributed by atoms with E-state index < -0.39 is 0 Å². The second-order valence-corrected chi connectivity index (χ2v) is 6.31. The lowest BCUT2D eigenvalue weighted by atomic mass is 10.1. The predicted octanol–water partition coefficient (Wildman–Crippen LogP) is 3.33. The summed E-state index contributed by atoms with van der Waals surface area (Å²) in [4.78, 5) is 13.2. The lowest BCUT2D eigenvalue weighted by molar-refractivity contribution is -0.682. The zero-order chi connectivity index (χ0) is 15.9. The third-order valence-electron chi connectivity index (χ3n) is 3.43. The number of carbonyl (C=O) groups excluding carboxylic acids is 1. The highest BCUT2D eigenvalue weighted by Gasteiger charge is 2.12. The van der Waals surface area contributed by atoms with Gasteiger partial charge in [-0.15, -0.1) is 11.8 Å². The molecule has 0 aliphatic heterocycles. The smallest absolute Gasteiger partial charge is 0.279 e. The molecule has 0 aromatic heterocycles. The fraction of sp³-hybridized carbons (Fsp3) is 0.235. The summed E-state index contributed by atoms with van der Waals surface area (Å²) < 4.78 is 0. The quantitative estimate of drug-likeness (QED) is 0.795. The molecule has 22 heavy (non-hydrogen) atoms. The molecule has 3 nitrogen and oxygen atoms in total. The summed E-state index contributed by atoms with van der Waals surface area (Å²) in [5.74, 6) is 0.00214. The number of amides is 1. The van der Waals surface area contributed by atoms with E-state index in [9.17, 15) is 4.79 Å². The Kier molecular flexibility index (Phi) is 6.31. The highest BCUT2D eigenvalue weighted by Crippen LogP contribution is 2.24. The van der Waals surface area contributed by atoms with Gasteiger partial charge in [0.15, 0.2) is 6.54 Å². The Morgan fingerprint density at radius 3 is 2.59 bits per heavy atom. The number of hydrogen-bond donors (Lipinski definition) is 2. The van der Waals surface area contributed by atoms with E-state index in [-0.39, 0.29) is 11.9 Å². The maximum Gasteiger partial charge on any atom is 0.279 e. The number of anilines is 1. The predicted molar refractivity (Wildman–Crippen MR) is 93.5 cm³/mol. The van der Waals surface area contributed by atoms with Crippen LogP contribution >= 0.6 is 23.4 Å². The molecule has 0 fully saturated rings. The topological polar surface area (TPSA) is 45.7 Å². The van der Waals surface area contributed by atoms with Crippen LogP contribution in [0.5, 0.6) is 0 Å². The van der Waals surface area contributed by atoms with Crippen molar-refractivity contribution >= 4 is 35.0 Å². The number of carbonyl (C=O) groups is 1. The van der Waals surface area contributed by atoms with Crippen LogP contribution in [-0.4, -0.2) is 18.7 Å². The van der Waals surface area contributed by atoms with Gasteiger partial charge in [0.05, 0.1) is 5.69 Å². The van der Waals surface area contributed by atoms with Crippen molar-refractivity contribution in [1.82, 2.24) is 0 Å². The first-order valence-electron chi connectivity index (χ1n) is 7.12. The van der Waals surface area contributed by atoms with E-state index in [0.717, 1.165) is 21.2 Å². The minimum atomic E-state index is 0.00214. The summed E-state index contributed by atoms with van der Waals surface area (Å²) >= 11 is 7.51. The van der Waals surface area contributed by atoms with Gasteiger partial charge < -0.3 is 10.6 Å². The van der Waals surface area contributed by atoms with Crippen LogP contribution in [0.4, 0.5) is 5.69 Å². The molecule has 0 saturated carbocycles. The van der Waals surface area contributed by atoms with Crippen LogP contribution < -0.4 is 10.6 Å². The number of para-hydroxylation sites is 1. The average molecular weight is 336 g/mol. The lowest BCUT2D eigenvalue weighted by Crippen LogP contribution is -2.86. The van der Waals surface area contributed by atoms with E-state index in [1.807, 2.05) is 60.1 Å². The molecule has 0 bridgehead atoms. The SMILES string of the molecule is CSc1ccccc1NC(=O)C[NH2+][C@H](C)c1ccc(Cl)cc1. The minimum absolute atomic E-state index is 0.00214. The second-order valence-electron chi connectivity index (χ2n) is 5.03. The van der Waals surface area contributed by atoms with E-state index in [2.05, 4.69) is 12.2 Å². The van der Waals surface area contributed by atoms with Gasteiger partial charge >= 0.3 is 0 Å². The van der Waals surface area contributed by atoms with Crippen LogP contribution in [0.25, 0.3) is 0 Å². The third kappa shape index (κ3) is 4.77. The van der Waals surface area contributed by atoms with Crippen molar-refractivity contribution < 1.29 is 10.1 Å². The van der Waals surface area contributed by atoms with Crippen molar-refractivity contribution in [2.45, 2.75) is 17.9 Å². The van der Waals surface area contributed by atoms with Crippen LogP contribution in [0.1, 0.15) is 18.5 Å². The molecule has 1 amide bonds. The van der Waals surface area contributed by atoms with Crippen molar-refractivity contribution in [3.63, 3.8) is 0 Å². The minimum Gasteiger partial charge on any atom is -0.333 e. The number of benzene rings is 2. The van der Waals surface area contributed by atoms with E-state index in [0.29, 0.717) is 6.54 Å². The Bertz CT molecular complexity index is 631.